The molecule has 5 unspecified atom stereocenters. The van der Waals surface area contributed by atoms with E-state index in [1.807, 2.05) is 40.7 Å². The van der Waals surface area contributed by atoms with E-state index in [2.05, 4.69) is 0 Å². The second-order valence-electron chi connectivity index (χ2n) is 6.28. The van der Waals surface area contributed by atoms with Gasteiger partial charge in [0.2, 0.25) is 0 Å². The van der Waals surface area contributed by atoms with Crippen LogP contribution in [0.4, 0.5) is 0 Å². The van der Waals surface area contributed by atoms with Crippen molar-refractivity contribution in [3.8, 4) is 0 Å². The molecule has 1 rings (SSSR count). The fourth-order valence-corrected chi connectivity index (χ4v) is 3.07. The molecule has 0 radical (unpaired) electrons. The van der Waals surface area contributed by atoms with Crippen LogP contribution in [0.5, 0.6) is 0 Å². The molecule has 0 aromatic rings. The number of ether oxygens (including phenoxy) is 1. The molecule has 0 spiro atoms. The van der Waals surface area contributed by atoms with Gasteiger partial charge in [-0.3, -0.25) is 9.59 Å². The molecular formula is C17H28O4. The Labute approximate surface area is 127 Å². The molecule has 0 bridgehead atoms. The van der Waals surface area contributed by atoms with Gasteiger partial charge in [-0.15, -0.1) is 0 Å². The minimum Gasteiger partial charge on any atom is -0.481 e. The van der Waals surface area contributed by atoms with Crippen LogP contribution in [0.2, 0.25) is 0 Å². The van der Waals surface area contributed by atoms with Gasteiger partial charge in [0.1, 0.15) is 0 Å². The van der Waals surface area contributed by atoms with E-state index < -0.39 is 17.8 Å². The van der Waals surface area contributed by atoms with Crippen molar-refractivity contribution in [2.24, 2.45) is 29.6 Å². The first kappa shape index (κ1) is 17.7. The zero-order chi connectivity index (χ0) is 16.2. The summed E-state index contributed by atoms with van der Waals surface area (Å²) in [5.74, 6) is -2.46. The third-order valence-corrected chi connectivity index (χ3v) is 4.73. The van der Waals surface area contributed by atoms with E-state index in [9.17, 15) is 14.7 Å². The molecule has 1 N–H and O–H groups in total. The van der Waals surface area contributed by atoms with Crippen LogP contribution in [0.25, 0.3) is 0 Å². The Morgan fingerprint density at radius 3 is 2.38 bits per heavy atom. The number of carboxylic acids is 1. The van der Waals surface area contributed by atoms with Crippen molar-refractivity contribution in [3.05, 3.63) is 11.6 Å². The van der Waals surface area contributed by atoms with Gasteiger partial charge in [-0.25, -0.2) is 0 Å². The lowest BCUT2D eigenvalue weighted by Gasteiger charge is -2.36. The summed E-state index contributed by atoms with van der Waals surface area (Å²) in [5.41, 5.74) is 1.16. The predicted molar refractivity (Wildman–Crippen MR) is 81.7 cm³/mol. The summed E-state index contributed by atoms with van der Waals surface area (Å²) in [5, 5.41) is 9.49. The van der Waals surface area contributed by atoms with E-state index in [1.165, 1.54) is 0 Å². The van der Waals surface area contributed by atoms with E-state index in [0.29, 0.717) is 12.5 Å². The highest BCUT2D eigenvalue weighted by Gasteiger charge is 2.45. The van der Waals surface area contributed by atoms with Crippen LogP contribution in [0.3, 0.4) is 0 Å². The molecule has 0 saturated carbocycles. The van der Waals surface area contributed by atoms with E-state index >= 15 is 0 Å². The summed E-state index contributed by atoms with van der Waals surface area (Å²) < 4.78 is 5.40. The van der Waals surface area contributed by atoms with Gasteiger partial charge in [0.15, 0.2) is 0 Å². The van der Waals surface area contributed by atoms with Gasteiger partial charge in [0.25, 0.3) is 0 Å². The molecule has 0 amide bonds. The average molecular weight is 296 g/mol. The van der Waals surface area contributed by atoms with Gasteiger partial charge in [-0.1, -0.05) is 52.7 Å². The van der Waals surface area contributed by atoms with E-state index in [0.717, 1.165) is 18.4 Å². The summed E-state index contributed by atoms with van der Waals surface area (Å²) >= 11 is 0. The molecule has 4 heteroatoms. The third-order valence-electron chi connectivity index (χ3n) is 4.73. The van der Waals surface area contributed by atoms with Gasteiger partial charge in [-0.05, 0) is 24.2 Å². The van der Waals surface area contributed by atoms with E-state index in [-0.39, 0.29) is 17.8 Å². The van der Waals surface area contributed by atoms with Crippen LogP contribution in [0.15, 0.2) is 11.6 Å². The molecule has 1 aliphatic rings. The summed E-state index contributed by atoms with van der Waals surface area (Å²) in [6.45, 7) is 10.3. The summed E-state index contributed by atoms with van der Waals surface area (Å²) in [4.78, 5) is 24.0. The summed E-state index contributed by atoms with van der Waals surface area (Å²) in [6.07, 6.45) is 3.79. The molecule has 5 atom stereocenters. The minimum absolute atomic E-state index is 0.0725. The van der Waals surface area contributed by atoms with Crippen molar-refractivity contribution < 1.29 is 19.4 Å². The Kier molecular flexibility index (Phi) is 6.43. The smallest absolute Gasteiger partial charge is 0.310 e. The van der Waals surface area contributed by atoms with Crippen molar-refractivity contribution in [2.45, 2.75) is 47.5 Å². The molecule has 4 nitrogen and oxygen atoms in total. The maximum atomic E-state index is 12.4. The van der Waals surface area contributed by atoms with Crippen molar-refractivity contribution in [2.75, 3.05) is 6.61 Å². The Morgan fingerprint density at radius 1 is 1.29 bits per heavy atom. The second kappa shape index (κ2) is 7.62. The first-order valence-corrected chi connectivity index (χ1v) is 7.93. The zero-order valence-electron chi connectivity index (χ0n) is 13.8. The monoisotopic (exact) mass is 296 g/mol. The van der Waals surface area contributed by atoms with Gasteiger partial charge in [-0.2, -0.15) is 0 Å². The normalized spacial score (nSPS) is 30.4. The van der Waals surface area contributed by atoms with Gasteiger partial charge in [0, 0.05) is 0 Å². The summed E-state index contributed by atoms with van der Waals surface area (Å²) in [7, 11) is 0. The van der Waals surface area contributed by atoms with Crippen LogP contribution in [0.1, 0.15) is 47.5 Å². The molecule has 0 aliphatic heterocycles. The number of hydrogen-bond acceptors (Lipinski definition) is 3. The maximum Gasteiger partial charge on any atom is 0.310 e. The van der Waals surface area contributed by atoms with Gasteiger partial charge in [0.05, 0.1) is 18.4 Å². The highest BCUT2D eigenvalue weighted by molar-refractivity contribution is 5.82. The fourth-order valence-electron chi connectivity index (χ4n) is 3.07. The number of aliphatic carboxylic acids is 1. The Bertz CT molecular complexity index is 413. The molecule has 0 heterocycles. The van der Waals surface area contributed by atoms with Gasteiger partial charge < -0.3 is 9.84 Å². The molecule has 0 aromatic heterocycles. The molecule has 120 valence electrons. The lowest BCUT2D eigenvalue weighted by Crippen LogP contribution is -2.42. The molecule has 1 aliphatic carbocycles. The van der Waals surface area contributed by atoms with E-state index in [1.54, 1.807) is 0 Å². The SMILES string of the molecule is CCC1=CC(C)C(C(=O)O)C(C(=O)OCC(C)CC)C1C. The van der Waals surface area contributed by atoms with Crippen molar-refractivity contribution in [3.63, 3.8) is 0 Å². The van der Waals surface area contributed by atoms with Crippen LogP contribution < -0.4 is 0 Å². The molecule has 0 saturated heterocycles. The highest BCUT2D eigenvalue weighted by Crippen LogP contribution is 2.40. The number of allylic oxidation sites excluding steroid dienone is 2. The Hall–Kier alpha value is -1.32. The van der Waals surface area contributed by atoms with Crippen LogP contribution in [-0.2, 0) is 14.3 Å². The minimum atomic E-state index is -0.911. The topological polar surface area (TPSA) is 63.6 Å². The van der Waals surface area contributed by atoms with Crippen LogP contribution in [0, 0.1) is 29.6 Å². The molecule has 0 fully saturated rings. The Morgan fingerprint density at radius 2 is 1.90 bits per heavy atom. The molecule has 21 heavy (non-hydrogen) atoms. The standard InChI is InChI=1S/C17H28O4/c1-6-10(3)9-21-17(20)15-12(5)13(7-2)8-11(4)14(15)16(18)19/h8,10-12,14-15H,6-7,9H2,1-5H3,(H,18,19). The number of hydrogen-bond donors (Lipinski definition) is 1. The quantitative estimate of drug-likeness (QED) is 0.601. The number of rotatable bonds is 6. The van der Waals surface area contributed by atoms with Crippen molar-refractivity contribution >= 4 is 11.9 Å². The Balaban J connectivity index is 2.95. The van der Waals surface area contributed by atoms with E-state index in [4.69, 9.17) is 4.74 Å². The molecule has 0 aromatic carbocycles. The van der Waals surface area contributed by atoms with Crippen LogP contribution >= 0.6 is 0 Å². The number of esters is 1. The summed E-state index contributed by atoms with van der Waals surface area (Å²) in [6, 6.07) is 0. The fraction of sp³-hybridized carbons (Fsp3) is 0.765. The van der Waals surface area contributed by atoms with Crippen molar-refractivity contribution in [1.29, 1.82) is 0 Å². The average Bonchev–Trinajstić information content (AvgIpc) is 2.45. The number of carbonyl (C=O) groups is 2. The number of carboxylic acid groups (broad SMARTS) is 1. The maximum absolute atomic E-state index is 12.4. The lowest BCUT2D eigenvalue weighted by atomic mass is 9.67. The van der Waals surface area contributed by atoms with Crippen molar-refractivity contribution in [1.82, 2.24) is 0 Å². The first-order chi connectivity index (χ1) is 9.83. The van der Waals surface area contributed by atoms with Crippen LogP contribution in [-0.4, -0.2) is 23.7 Å². The highest BCUT2D eigenvalue weighted by atomic mass is 16.5. The third kappa shape index (κ3) is 4.08. The molecular weight excluding hydrogens is 268 g/mol. The lowest BCUT2D eigenvalue weighted by molar-refractivity contribution is -0.162. The largest absolute Gasteiger partial charge is 0.481 e. The predicted octanol–water partition coefficient (Wildman–Crippen LogP) is 3.51. The number of carbonyl (C=O) groups excluding carboxylic acids is 1. The first-order valence-electron chi connectivity index (χ1n) is 7.93. The second-order valence-corrected chi connectivity index (χ2v) is 6.28. The van der Waals surface area contributed by atoms with Gasteiger partial charge >= 0.3 is 11.9 Å². The zero-order valence-corrected chi connectivity index (χ0v) is 13.8.